The number of nitrogens with one attached hydrogen (secondary N) is 1. The van der Waals surface area contributed by atoms with Crippen LogP contribution in [0.25, 0.3) is 0 Å². The molecule has 2 N–H and O–H groups in total. The fourth-order valence-corrected chi connectivity index (χ4v) is 2.15. The number of hydrogen-bond acceptors (Lipinski definition) is 3. The Morgan fingerprint density at radius 1 is 1.53 bits per heavy atom. The van der Waals surface area contributed by atoms with Crippen LogP contribution < -0.4 is 5.32 Å². The van der Waals surface area contributed by atoms with Gasteiger partial charge in [-0.1, -0.05) is 0 Å². The zero-order valence-electron chi connectivity index (χ0n) is 10.0. The van der Waals surface area contributed by atoms with Gasteiger partial charge in [-0.3, -0.25) is 9.78 Å². The third-order valence-corrected chi connectivity index (χ3v) is 3.32. The minimum absolute atomic E-state index is 0.0790. The lowest BCUT2D eigenvalue weighted by Crippen LogP contribution is -2.42. The highest BCUT2D eigenvalue weighted by Crippen LogP contribution is 2.27. The fraction of sp³-hybridized carbons (Fsp3) is 0.538. The van der Waals surface area contributed by atoms with Crippen molar-refractivity contribution in [2.75, 3.05) is 0 Å². The summed E-state index contributed by atoms with van der Waals surface area (Å²) < 4.78 is 0. The Labute approximate surface area is 101 Å². The maximum Gasteiger partial charge on any atom is 0.253 e. The first-order chi connectivity index (χ1) is 8.07. The van der Waals surface area contributed by atoms with Crippen LogP contribution in [0.1, 0.15) is 43.0 Å². The second-order valence-electron chi connectivity index (χ2n) is 4.99. The second-order valence-corrected chi connectivity index (χ2v) is 4.99. The van der Waals surface area contributed by atoms with Crippen molar-refractivity contribution in [3.05, 3.63) is 30.1 Å². The molecule has 92 valence electrons. The lowest BCUT2D eigenvalue weighted by molar-refractivity contribution is 0.0140. The van der Waals surface area contributed by atoms with Crippen LogP contribution in [-0.4, -0.2) is 27.6 Å². The molecule has 1 aromatic rings. The van der Waals surface area contributed by atoms with Gasteiger partial charge >= 0.3 is 0 Å². The summed E-state index contributed by atoms with van der Waals surface area (Å²) in [6.45, 7) is 1.85. The predicted octanol–water partition coefficient (Wildman–Crippen LogP) is 1.50. The van der Waals surface area contributed by atoms with Crippen molar-refractivity contribution in [2.45, 2.75) is 44.2 Å². The van der Waals surface area contributed by atoms with E-state index in [1.807, 2.05) is 6.92 Å². The van der Waals surface area contributed by atoms with Crippen molar-refractivity contribution in [3.63, 3.8) is 0 Å². The van der Waals surface area contributed by atoms with E-state index in [1.165, 1.54) is 0 Å². The fourth-order valence-electron chi connectivity index (χ4n) is 2.15. The third-order valence-electron chi connectivity index (χ3n) is 3.32. The van der Waals surface area contributed by atoms with Crippen molar-refractivity contribution >= 4 is 5.91 Å². The number of amides is 1. The Morgan fingerprint density at radius 3 is 2.82 bits per heavy atom. The van der Waals surface area contributed by atoms with Crippen molar-refractivity contribution < 1.29 is 9.90 Å². The van der Waals surface area contributed by atoms with Crippen LogP contribution in [0.2, 0.25) is 0 Å². The number of nitrogens with zero attached hydrogens (tertiary/aromatic N) is 1. The summed E-state index contributed by atoms with van der Waals surface area (Å²) in [5, 5.41) is 12.8. The Hall–Kier alpha value is -1.42. The summed E-state index contributed by atoms with van der Waals surface area (Å²) in [6.07, 6.45) is 6.36. The zero-order valence-corrected chi connectivity index (χ0v) is 10.0. The summed E-state index contributed by atoms with van der Waals surface area (Å²) in [7, 11) is 0. The van der Waals surface area contributed by atoms with Crippen LogP contribution in [0.4, 0.5) is 0 Å². The molecule has 1 amide bonds. The molecule has 0 saturated heterocycles. The molecule has 1 aliphatic rings. The molecule has 17 heavy (non-hydrogen) atoms. The van der Waals surface area contributed by atoms with Crippen LogP contribution in [0.15, 0.2) is 24.5 Å². The third kappa shape index (κ3) is 3.27. The molecule has 4 heteroatoms. The molecule has 0 unspecified atom stereocenters. The minimum atomic E-state index is -0.560. The van der Waals surface area contributed by atoms with Gasteiger partial charge in [-0.05, 0) is 44.7 Å². The number of carbonyl (C=O) groups excluding carboxylic acids is 1. The Balaban J connectivity index is 1.89. The predicted molar refractivity (Wildman–Crippen MR) is 64.6 cm³/mol. The van der Waals surface area contributed by atoms with Crippen molar-refractivity contribution in [2.24, 2.45) is 0 Å². The SMILES string of the molecule is CC1(O)CCC(NC(=O)c2cccnc2)CC1. The highest BCUT2D eigenvalue weighted by atomic mass is 16.3. The van der Waals surface area contributed by atoms with E-state index in [4.69, 9.17) is 0 Å². The molecule has 0 atom stereocenters. The highest BCUT2D eigenvalue weighted by Gasteiger charge is 2.29. The van der Waals surface area contributed by atoms with Gasteiger partial charge in [-0.15, -0.1) is 0 Å². The maximum atomic E-state index is 11.9. The molecule has 0 radical (unpaired) electrons. The molecular weight excluding hydrogens is 216 g/mol. The van der Waals surface area contributed by atoms with Gasteiger partial charge in [-0.25, -0.2) is 0 Å². The largest absolute Gasteiger partial charge is 0.390 e. The molecule has 1 aromatic heterocycles. The zero-order chi connectivity index (χ0) is 12.3. The smallest absolute Gasteiger partial charge is 0.253 e. The highest BCUT2D eigenvalue weighted by molar-refractivity contribution is 5.93. The molecule has 1 aliphatic carbocycles. The first kappa shape index (κ1) is 12.0. The number of pyridine rings is 1. The topological polar surface area (TPSA) is 62.2 Å². The van der Waals surface area contributed by atoms with Gasteiger partial charge in [0.05, 0.1) is 11.2 Å². The van der Waals surface area contributed by atoms with E-state index < -0.39 is 5.60 Å². The molecule has 1 saturated carbocycles. The molecule has 0 aromatic carbocycles. The molecule has 2 rings (SSSR count). The molecular formula is C13H18N2O2. The first-order valence-corrected chi connectivity index (χ1v) is 6.00. The maximum absolute atomic E-state index is 11.9. The molecule has 0 aliphatic heterocycles. The average molecular weight is 234 g/mol. The van der Waals surface area contributed by atoms with E-state index in [1.54, 1.807) is 24.5 Å². The quantitative estimate of drug-likeness (QED) is 0.815. The number of carbonyl (C=O) groups is 1. The van der Waals surface area contributed by atoms with Crippen LogP contribution in [0, 0.1) is 0 Å². The summed E-state index contributed by atoms with van der Waals surface area (Å²) in [4.78, 5) is 15.8. The normalized spacial score (nSPS) is 28.7. The Morgan fingerprint density at radius 2 is 2.24 bits per heavy atom. The lowest BCUT2D eigenvalue weighted by atomic mass is 9.83. The molecule has 0 spiro atoms. The number of rotatable bonds is 2. The van der Waals surface area contributed by atoms with Crippen LogP contribution >= 0.6 is 0 Å². The van der Waals surface area contributed by atoms with Crippen molar-refractivity contribution in [1.29, 1.82) is 0 Å². The molecule has 0 bridgehead atoms. The molecule has 1 heterocycles. The van der Waals surface area contributed by atoms with Gasteiger partial charge < -0.3 is 10.4 Å². The van der Waals surface area contributed by atoms with Crippen LogP contribution in [0.3, 0.4) is 0 Å². The Bertz CT molecular complexity index is 380. The van der Waals surface area contributed by atoms with Gasteiger partial charge in [0.25, 0.3) is 5.91 Å². The molecule has 4 nitrogen and oxygen atoms in total. The number of aliphatic hydroxyl groups is 1. The standard InChI is InChI=1S/C13H18N2O2/c1-13(17)6-4-11(5-7-13)15-12(16)10-3-2-8-14-9-10/h2-3,8-9,11,17H,4-7H2,1H3,(H,15,16). The summed E-state index contributed by atoms with van der Waals surface area (Å²) >= 11 is 0. The van der Waals surface area contributed by atoms with Crippen LogP contribution in [-0.2, 0) is 0 Å². The average Bonchev–Trinajstić information content (AvgIpc) is 2.33. The Kier molecular flexibility index (Phi) is 3.43. The van der Waals surface area contributed by atoms with Gasteiger partial charge in [0.1, 0.15) is 0 Å². The van der Waals surface area contributed by atoms with Gasteiger partial charge in [0.15, 0.2) is 0 Å². The lowest BCUT2D eigenvalue weighted by Gasteiger charge is -2.33. The minimum Gasteiger partial charge on any atom is -0.390 e. The second kappa shape index (κ2) is 4.84. The monoisotopic (exact) mass is 234 g/mol. The summed E-state index contributed by atoms with van der Waals surface area (Å²) in [5.74, 6) is -0.0790. The summed E-state index contributed by atoms with van der Waals surface area (Å²) in [6, 6.07) is 3.67. The van der Waals surface area contributed by atoms with E-state index in [2.05, 4.69) is 10.3 Å². The van der Waals surface area contributed by atoms with E-state index in [9.17, 15) is 9.90 Å². The number of aromatic nitrogens is 1. The van der Waals surface area contributed by atoms with Crippen LogP contribution in [0.5, 0.6) is 0 Å². The van der Waals surface area contributed by atoms with Crippen molar-refractivity contribution in [3.8, 4) is 0 Å². The molecule has 1 fully saturated rings. The first-order valence-electron chi connectivity index (χ1n) is 6.00. The van der Waals surface area contributed by atoms with E-state index in [0.717, 1.165) is 25.7 Å². The van der Waals surface area contributed by atoms with Gasteiger partial charge in [0.2, 0.25) is 0 Å². The summed E-state index contributed by atoms with van der Waals surface area (Å²) in [5.41, 5.74) is 0.0278. The van der Waals surface area contributed by atoms with E-state index in [-0.39, 0.29) is 11.9 Å². The van der Waals surface area contributed by atoms with E-state index >= 15 is 0 Å². The number of hydrogen-bond donors (Lipinski definition) is 2. The van der Waals surface area contributed by atoms with Crippen molar-refractivity contribution in [1.82, 2.24) is 10.3 Å². The van der Waals surface area contributed by atoms with Gasteiger partial charge in [0, 0.05) is 18.4 Å². The van der Waals surface area contributed by atoms with Gasteiger partial charge in [-0.2, -0.15) is 0 Å². The van der Waals surface area contributed by atoms with E-state index in [0.29, 0.717) is 5.56 Å².